The van der Waals surface area contributed by atoms with Crippen LogP contribution in [0.15, 0.2) is 24.3 Å². The smallest absolute Gasteiger partial charge is 0.148 e. The Morgan fingerprint density at radius 3 is 2.83 bits per heavy atom. The Balaban J connectivity index is 2.23. The van der Waals surface area contributed by atoms with E-state index in [0.717, 1.165) is 21.7 Å². The average molecular weight is 253 g/mol. The Labute approximate surface area is 109 Å². The van der Waals surface area contributed by atoms with E-state index in [2.05, 4.69) is 36.0 Å². The Hall–Kier alpha value is -2.12. The van der Waals surface area contributed by atoms with E-state index < -0.39 is 0 Å². The molecule has 18 heavy (non-hydrogen) atoms. The third-order valence-electron chi connectivity index (χ3n) is 3.03. The minimum absolute atomic E-state index is 0.611. The molecule has 2 heterocycles. The minimum atomic E-state index is 0.611. The van der Waals surface area contributed by atoms with Gasteiger partial charge < -0.3 is 4.98 Å². The number of aromatic amines is 1. The lowest BCUT2D eigenvalue weighted by Crippen LogP contribution is -1.76. The standard InChI is InChI=1S/C14H11N3S/c1-8-6-12(18-9(8)2)14-16-11-5-3-4-10(7-15)13(11)17-14/h3-6H,1-2H3,(H,16,17). The van der Waals surface area contributed by atoms with Crippen molar-refractivity contribution in [3.05, 3.63) is 40.3 Å². The normalized spacial score (nSPS) is 10.7. The molecular weight excluding hydrogens is 242 g/mol. The highest BCUT2D eigenvalue weighted by Crippen LogP contribution is 2.30. The maximum Gasteiger partial charge on any atom is 0.148 e. The Morgan fingerprint density at radius 2 is 2.17 bits per heavy atom. The predicted octanol–water partition coefficient (Wildman–Crippen LogP) is 3.78. The zero-order chi connectivity index (χ0) is 12.7. The molecule has 3 rings (SSSR count). The second-order valence-corrected chi connectivity index (χ2v) is 5.51. The summed E-state index contributed by atoms with van der Waals surface area (Å²) in [6, 6.07) is 9.90. The van der Waals surface area contributed by atoms with E-state index in [-0.39, 0.29) is 0 Å². The molecular formula is C14H11N3S. The van der Waals surface area contributed by atoms with Gasteiger partial charge in [-0.05, 0) is 37.6 Å². The van der Waals surface area contributed by atoms with Crippen molar-refractivity contribution in [1.29, 1.82) is 5.26 Å². The van der Waals surface area contributed by atoms with Crippen molar-refractivity contribution in [1.82, 2.24) is 9.97 Å². The number of nitrogens with one attached hydrogen (secondary N) is 1. The van der Waals surface area contributed by atoms with Crippen molar-refractivity contribution in [2.24, 2.45) is 0 Å². The molecule has 3 aromatic rings. The van der Waals surface area contributed by atoms with Gasteiger partial charge >= 0.3 is 0 Å². The SMILES string of the molecule is Cc1cc(-c2nc3c(C#N)cccc3[nH]2)sc1C. The van der Waals surface area contributed by atoms with Crippen LogP contribution in [-0.4, -0.2) is 9.97 Å². The predicted molar refractivity (Wildman–Crippen MR) is 73.6 cm³/mol. The highest BCUT2D eigenvalue weighted by atomic mass is 32.1. The van der Waals surface area contributed by atoms with E-state index in [1.165, 1.54) is 10.4 Å². The number of nitrogens with zero attached hydrogens (tertiary/aromatic N) is 2. The number of para-hydroxylation sites is 1. The van der Waals surface area contributed by atoms with E-state index in [4.69, 9.17) is 5.26 Å². The van der Waals surface area contributed by atoms with Crippen molar-refractivity contribution in [2.75, 3.05) is 0 Å². The van der Waals surface area contributed by atoms with Gasteiger partial charge in [0, 0.05) is 4.88 Å². The van der Waals surface area contributed by atoms with Crippen LogP contribution in [0.25, 0.3) is 21.7 Å². The van der Waals surface area contributed by atoms with Gasteiger partial charge in [-0.2, -0.15) is 5.26 Å². The molecule has 0 atom stereocenters. The van der Waals surface area contributed by atoms with Crippen LogP contribution in [0.3, 0.4) is 0 Å². The largest absolute Gasteiger partial charge is 0.337 e. The molecule has 0 aliphatic carbocycles. The monoisotopic (exact) mass is 253 g/mol. The first kappa shape index (κ1) is 11.0. The topological polar surface area (TPSA) is 52.5 Å². The lowest BCUT2D eigenvalue weighted by molar-refractivity contribution is 1.35. The van der Waals surface area contributed by atoms with E-state index in [9.17, 15) is 0 Å². The number of rotatable bonds is 1. The number of imidazole rings is 1. The molecule has 0 amide bonds. The summed E-state index contributed by atoms with van der Waals surface area (Å²) in [6.45, 7) is 4.20. The van der Waals surface area contributed by atoms with Gasteiger partial charge in [0.05, 0.1) is 16.0 Å². The number of H-pyrrole nitrogens is 1. The fourth-order valence-corrected chi connectivity index (χ4v) is 2.91. The van der Waals surface area contributed by atoms with E-state index in [1.54, 1.807) is 17.4 Å². The molecule has 0 aliphatic heterocycles. The van der Waals surface area contributed by atoms with Crippen LogP contribution < -0.4 is 0 Å². The quantitative estimate of drug-likeness (QED) is 0.717. The number of hydrogen-bond donors (Lipinski definition) is 1. The molecule has 0 spiro atoms. The molecule has 0 aliphatic rings. The summed E-state index contributed by atoms with van der Waals surface area (Å²) in [5.74, 6) is 0.842. The number of hydrogen-bond acceptors (Lipinski definition) is 3. The molecule has 0 radical (unpaired) electrons. The lowest BCUT2D eigenvalue weighted by Gasteiger charge is -1.88. The van der Waals surface area contributed by atoms with Gasteiger partial charge in [0.2, 0.25) is 0 Å². The number of nitriles is 1. The van der Waals surface area contributed by atoms with Crippen molar-refractivity contribution in [3.63, 3.8) is 0 Å². The summed E-state index contributed by atoms with van der Waals surface area (Å²) < 4.78 is 0. The Morgan fingerprint density at radius 1 is 1.33 bits per heavy atom. The highest BCUT2D eigenvalue weighted by Gasteiger charge is 2.11. The first-order chi connectivity index (χ1) is 8.69. The maximum absolute atomic E-state index is 9.06. The van der Waals surface area contributed by atoms with Crippen LogP contribution >= 0.6 is 11.3 Å². The molecule has 0 saturated carbocycles. The van der Waals surface area contributed by atoms with Gasteiger partial charge in [-0.15, -0.1) is 11.3 Å². The van der Waals surface area contributed by atoms with E-state index in [1.807, 2.05) is 12.1 Å². The summed E-state index contributed by atoms with van der Waals surface area (Å²) in [5.41, 5.74) is 3.54. The van der Waals surface area contributed by atoms with Crippen LogP contribution in [0, 0.1) is 25.2 Å². The van der Waals surface area contributed by atoms with Crippen LogP contribution in [0.4, 0.5) is 0 Å². The van der Waals surface area contributed by atoms with Gasteiger partial charge in [0.15, 0.2) is 0 Å². The number of fused-ring (bicyclic) bond motifs is 1. The molecule has 0 bridgehead atoms. The fourth-order valence-electron chi connectivity index (χ4n) is 1.93. The van der Waals surface area contributed by atoms with Gasteiger partial charge in [-0.1, -0.05) is 6.07 Å². The molecule has 3 nitrogen and oxygen atoms in total. The van der Waals surface area contributed by atoms with E-state index >= 15 is 0 Å². The van der Waals surface area contributed by atoms with Crippen molar-refractivity contribution in [3.8, 4) is 16.8 Å². The average Bonchev–Trinajstić information content (AvgIpc) is 2.93. The summed E-state index contributed by atoms with van der Waals surface area (Å²) >= 11 is 1.72. The number of aromatic nitrogens is 2. The fraction of sp³-hybridized carbons (Fsp3) is 0.143. The number of aryl methyl sites for hydroxylation is 2. The van der Waals surface area contributed by atoms with Crippen LogP contribution in [0.2, 0.25) is 0 Å². The van der Waals surface area contributed by atoms with Gasteiger partial charge in [-0.25, -0.2) is 4.98 Å². The Kier molecular flexibility index (Phi) is 2.42. The van der Waals surface area contributed by atoms with Crippen LogP contribution in [0.1, 0.15) is 16.0 Å². The second kappa shape index (κ2) is 3.97. The first-order valence-corrected chi connectivity index (χ1v) is 6.47. The third kappa shape index (κ3) is 1.60. The molecule has 1 aromatic carbocycles. The Bertz CT molecular complexity index is 755. The molecule has 0 unspecified atom stereocenters. The zero-order valence-electron chi connectivity index (χ0n) is 10.1. The minimum Gasteiger partial charge on any atom is -0.337 e. The molecule has 88 valence electrons. The summed E-state index contributed by atoms with van der Waals surface area (Å²) in [7, 11) is 0. The van der Waals surface area contributed by atoms with Crippen LogP contribution in [-0.2, 0) is 0 Å². The maximum atomic E-state index is 9.06. The lowest BCUT2D eigenvalue weighted by atomic mass is 10.2. The summed E-state index contributed by atoms with van der Waals surface area (Å²) in [5, 5.41) is 9.06. The summed E-state index contributed by atoms with van der Waals surface area (Å²) in [6.07, 6.45) is 0. The second-order valence-electron chi connectivity index (χ2n) is 4.25. The molecule has 0 fully saturated rings. The summed E-state index contributed by atoms with van der Waals surface area (Å²) in [4.78, 5) is 10.2. The number of benzene rings is 1. The highest BCUT2D eigenvalue weighted by molar-refractivity contribution is 7.15. The molecule has 2 aromatic heterocycles. The zero-order valence-corrected chi connectivity index (χ0v) is 10.9. The van der Waals surface area contributed by atoms with Gasteiger partial charge in [0.1, 0.15) is 17.4 Å². The van der Waals surface area contributed by atoms with E-state index in [0.29, 0.717) is 5.56 Å². The third-order valence-corrected chi connectivity index (χ3v) is 4.19. The van der Waals surface area contributed by atoms with Crippen molar-refractivity contribution in [2.45, 2.75) is 13.8 Å². The molecule has 1 N–H and O–H groups in total. The molecule has 4 heteroatoms. The van der Waals surface area contributed by atoms with Crippen molar-refractivity contribution < 1.29 is 0 Å². The van der Waals surface area contributed by atoms with Crippen LogP contribution in [0.5, 0.6) is 0 Å². The number of thiophene rings is 1. The van der Waals surface area contributed by atoms with Gasteiger partial charge in [-0.3, -0.25) is 0 Å². The van der Waals surface area contributed by atoms with Gasteiger partial charge in [0.25, 0.3) is 0 Å². The molecule has 0 saturated heterocycles. The van der Waals surface area contributed by atoms with Crippen molar-refractivity contribution >= 4 is 22.4 Å². The first-order valence-electron chi connectivity index (χ1n) is 5.65.